The maximum Gasteiger partial charge on any atom is 0.309 e. The highest BCUT2D eigenvalue weighted by molar-refractivity contribution is 7.80. The molecular formula is C12H16O5S. The van der Waals surface area contributed by atoms with Gasteiger partial charge >= 0.3 is 11.9 Å². The molecule has 1 saturated heterocycles. The zero-order valence-electron chi connectivity index (χ0n) is 9.82. The molecule has 2 bridgehead atoms. The lowest BCUT2D eigenvalue weighted by molar-refractivity contribution is -0.151. The molecule has 1 aliphatic heterocycles. The number of esters is 1. The maximum absolute atomic E-state index is 11.6. The fraction of sp³-hybridized carbons (Fsp3) is 0.833. The van der Waals surface area contributed by atoms with Crippen molar-refractivity contribution in [3.8, 4) is 0 Å². The number of hydrogen-bond donors (Lipinski definition) is 2. The summed E-state index contributed by atoms with van der Waals surface area (Å²) in [5.74, 6) is -0.613. The minimum Gasteiger partial charge on any atom is -0.481 e. The van der Waals surface area contributed by atoms with Gasteiger partial charge in [-0.1, -0.05) is 0 Å². The van der Waals surface area contributed by atoms with E-state index in [1.807, 2.05) is 0 Å². The lowest BCUT2D eigenvalue weighted by Gasteiger charge is -2.26. The summed E-state index contributed by atoms with van der Waals surface area (Å²) in [6.07, 6.45) is 1.56. The largest absolute Gasteiger partial charge is 0.481 e. The summed E-state index contributed by atoms with van der Waals surface area (Å²) >= 11 is 4.01. The van der Waals surface area contributed by atoms with Crippen molar-refractivity contribution in [1.82, 2.24) is 0 Å². The van der Waals surface area contributed by atoms with Gasteiger partial charge in [-0.3, -0.25) is 9.59 Å². The fourth-order valence-electron chi connectivity index (χ4n) is 3.56. The van der Waals surface area contributed by atoms with E-state index in [9.17, 15) is 9.59 Å². The van der Waals surface area contributed by atoms with E-state index in [4.69, 9.17) is 14.6 Å². The van der Waals surface area contributed by atoms with Crippen LogP contribution < -0.4 is 0 Å². The molecule has 18 heavy (non-hydrogen) atoms. The van der Waals surface area contributed by atoms with Crippen LogP contribution in [-0.4, -0.2) is 41.6 Å². The third kappa shape index (κ3) is 1.73. The van der Waals surface area contributed by atoms with Gasteiger partial charge in [0.05, 0.1) is 24.5 Å². The number of hydrogen-bond acceptors (Lipinski definition) is 5. The van der Waals surface area contributed by atoms with Crippen molar-refractivity contribution >= 4 is 24.6 Å². The molecule has 2 aliphatic carbocycles. The van der Waals surface area contributed by atoms with Crippen LogP contribution in [0, 0.1) is 23.7 Å². The van der Waals surface area contributed by atoms with Crippen molar-refractivity contribution in [1.29, 1.82) is 0 Å². The van der Waals surface area contributed by atoms with E-state index in [1.54, 1.807) is 0 Å². The van der Waals surface area contributed by atoms with Crippen molar-refractivity contribution in [2.45, 2.75) is 25.0 Å². The SMILES string of the molecule is O=C(O)C(CS)COC1C2CC3C(=O)OC1C3C2. The van der Waals surface area contributed by atoms with Gasteiger partial charge < -0.3 is 14.6 Å². The van der Waals surface area contributed by atoms with Crippen LogP contribution >= 0.6 is 12.6 Å². The van der Waals surface area contributed by atoms with Crippen LogP contribution in [0.4, 0.5) is 0 Å². The molecule has 6 heteroatoms. The summed E-state index contributed by atoms with van der Waals surface area (Å²) in [5.41, 5.74) is 0. The molecule has 0 spiro atoms. The van der Waals surface area contributed by atoms with Crippen LogP contribution in [0.2, 0.25) is 0 Å². The third-order valence-corrected chi connectivity index (χ3v) is 4.91. The number of carboxylic acid groups (broad SMARTS) is 1. The number of fused-ring (bicyclic) bond motifs is 1. The normalized spacial score (nSPS) is 42.1. The van der Waals surface area contributed by atoms with Gasteiger partial charge in [0, 0.05) is 11.7 Å². The van der Waals surface area contributed by atoms with Gasteiger partial charge in [0.2, 0.25) is 0 Å². The minimum atomic E-state index is -0.894. The molecule has 0 amide bonds. The summed E-state index contributed by atoms with van der Waals surface area (Å²) < 4.78 is 11.1. The zero-order valence-corrected chi connectivity index (χ0v) is 10.7. The first kappa shape index (κ1) is 12.3. The highest BCUT2D eigenvalue weighted by Gasteiger charge is 2.62. The number of thiol groups is 1. The topological polar surface area (TPSA) is 72.8 Å². The Morgan fingerprint density at radius 1 is 1.56 bits per heavy atom. The van der Waals surface area contributed by atoms with Crippen LogP contribution in [-0.2, 0) is 19.1 Å². The van der Waals surface area contributed by atoms with Crippen molar-refractivity contribution in [2.24, 2.45) is 23.7 Å². The smallest absolute Gasteiger partial charge is 0.309 e. The van der Waals surface area contributed by atoms with Crippen LogP contribution in [0.25, 0.3) is 0 Å². The average Bonchev–Trinajstić information content (AvgIpc) is 2.92. The lowest BCUT2D eigenvalue weighted by Crippen LogP contribution is -2.36. The molecule has 0 radical (unpaired) electrons. The van der Waals surface area contributed by atoms with Gasteiger partial charge in [-0.2, -0.15) is 12.6 Å². The Hall–Kier alpha value is -0.750. The summed E-state index contributed by atoms with van der Waals surface area (Å²) in [6.45, 7) is 0.144. The zero-order chi connectivity index (χ0) is 12.9. The number of carbonyl (C=O) groups is 2. The Balaban J connectivity index is 1.62. The molecule has 0 aromatic heterocycles. The highest BCUT2D eigenvalue weighted by Crippen LogP contribution is 2.55. The minimum absolute atomic E-state index is 0.0694. The van der Waals surface area contributed by atoms with E-state index in [-0.39, 0.29) is 36.5 Å². The average molecular weight is 272 g/mol. The monoisotopic (exact) mass is 272 g/mol. The second kappa shape index (κ2) is 4.42. The quantitative estimate of drug-likeness (QED) is 0.566. The fourth-order valence-corrected chi connectivity index (χ4v) is 3.82. The molecule has 3 fully saturated rings. The van der Waals surface area contributed by atoms with Crippen LogP contribution in [0.15, 0.2) is 0 Å². The molecule has 6 unspecified atom stereocenters. The molecule has 1 N–H and O–H groups in total. The first-order valence-electron chi connectivity index (χ1n) is 6.27. The maximum atomic E-state index is 11.6. The van der Waals surface area contributed by atoms with E-state index in [0.29, 0.717) is 11.8 Å². The Labute approximate surface area is 110 Å². The van der Waals surface area contributed by atoms with Gasteiger partial charge in [-0.25, -0.2) is 0 Å². The Morgan fingerprint density at radius 2 is 2.33 bits per heavy atom. The van der Waals surface area contributed by atoms with E-state index in [1.165, 1.54) is 0 Å². The molecule has 5 nitrogen and oxygen atoms in total. The predicted octanol–water partition coefficient (Wildman–Crippen LogP) is 0.584. The van der Waals surface area contributed by atoms with Crippen molar-refractivity contribution in [3.63, 3.8) is 0 Å². The molecule has 3 aliphatic rings. The third-order valence-electron chi connectivity index (χ3n) is 4.47. The standard InChI is InChI=1S/C12H16O5S/c13-11(14)6(4-18)3-16-9-5-1-7-8(2-5)12(15)17-10(7)9/h5-10,18H,1-4H2,(H,13,14). The summed E-state index contributed by atoms with van der Waals surface area (Å²) in [4.78, 5) is 22.4. The van der Waals surface area contributed by atoms with Gasteiger partial charge in [0.15, 0.2) is 0 Å². The Morgan fingerprint density at radius 3 is 3.00 bits per heavy atom. The second-order valence-electron chi connectivity index (χ2n) is 5.42. The van der Waals surface area contributed by atoms with Crippen LogP contribution in [0.3, 0.4) is 0 Å². The molecule has 0 aromatic carbocycles. The number of ether oxygens (including phenoxy) is 2. The van der Waals surface area contributed by atoms with Crippen molar-refractivity contribution in [2.75, 3.05) is 12.4 Å². The first-order chi connectivity index (χ1) is 8.61. The van der Waals surface area contributed by atoms with Crippen molar-refractivity contribution in [3.05, 3.63) is 0 Å². The molecule has 0 aromatic rings. The molecule has 6 atom stereocenters. The second-order valence-corrected chi connectivity index (χ2v) is 5.78. The lowest BCUT2D eigenvalue weighted by atomic mass is 9.88. The van der Waals surface area contributed by atoms with Gasteiger partial charge in [0.25, 0.3) is 0 Å². The molecule has 2 saturated carbocycles. The van der Waals surface area contributed by atoms with E-state index in [2.05, 4.69) is 12.6 Å². The summed E-state index contributed by atoms with van der Waals surface area (Å²) in [5, 5.41) is 8.94. The molecule has 3 rings (SSSR count). The van der Waals surface area contributed by atoms with Crippen LogP contribution in [0.1, 0.15) is 12.8 Å². The summed E-state index contributed by atoms with van der Waals surface area (Å²) in [6, 6.07) is 0. The number of aliphatic carboxylic acids is 1. The molecule has 100 valence electrons. The molecular weight excluding hydrogens is 256 g/mol. The van der Waals surface area contributed by atoms with Gasteiger partial charge in [-0.05, 0) is 18.8 Å². The number of carboxylic acids is 1. The summed E-state index contributed by atoms with van der Waals surface area (Å²) in [7, 11) is 0. The van der Waals surface area contributed by atoms with E-state index >= 15 is 0 Å². The molecule has 1 heterocycles. The Bertz CT molecular complexity index is 385. The van der Waals surface area contributed by atoms with Crippen LogP contribution in [0.5, 0.6) is 0 Å². The number of rotatable bonds is 5. The van der Waals surface area contributed by atoms with Gasteiger partial charge in [0.1, 0.15) is 6.10 Å². The first-order valence-corrected chi connectivity index (χ1v) is 6.90. The van der Waals surface area contributed by atoms with E-state index < -0.39 is 11.9 Å². The predicted molar refractivity (Wildman–Crippen MR) is 64.3 cm³/mol. The number of carbonyl (C=O) groups excluding carboxylic acids is 1. The van der Waals surface area contributed by atoms with Crippen molar-refractivity contribution < 1.29 is 24.2 Å². The van der Waals surface area contributed by atoms with Gasteiger partial charge in [-0.15, -0.1) is 0 Å². The van der Waals surface area contributed by atoms with E-state index in [0.717, 1.165) is 12.8 Å². The highest BCUT2D eigenvalue weighted by atomic mass is 32.1. The Kier molecular flexibility index (Phi) is 3.02.